The highest BCUT2D eigenvalue weighted by Crippen LogP contribution is 2.39. The molecule has 1 heterocycles. The first-order chi connectivity index (χ1) is 9.90. The Morgan fingerprint density at radius 3 is 2.85 bits per heavy atom. The first-order valence-electron chi connectivity index (χ1n) is 7.19. The lowest BCUT2D eigenvalue weighted by Gasteiger charge is -2.30. The summed E-state index contributed by atoms with van der Waals surface area (Å²) in [5.41, 5.74) is 5.13. The Morgan fingerprint density at radius 1 is 1.05 bits per heavy atom. The van der Waals surface area contributed by atoms with Crippen molar-refractivity contribution in [3.63, 3.8) is 0 Å². The van der Waals surface area contributed by atoms with Crippen molar-refractivity contribution in [2.24, 2.45) is 4.99 Å². The van der Waals surface area contributed by atoms with E-state index in [-0.39, 0.29) is 0 Å². The Kier molecular flexibility index (Phi) is 2.69. The number of hydrogen-bond donors (Lipinski definition) is 2. The summed E-state index contributed by atoms with van der Waals surface area (Å²) in [5, 5.41) is 6.79. The van der Waals surface area contributed by atoms with Gasteiger partial charge in [-0.2, -0.15) is 0 Å². The minimum atomic E-state index is 0.308. The number of benzene rings is 2. The monoisotopic (exact) mass is 263 g/mol. The molecule has 1 atom stereocenters. The molecule has 3 heteroatoms. The number of guanidine groups is 1. The van der Waals surface area contributed by atoms with Crippen LogP contribution in [0.2, 0.25) is 0 Å². The summed E-state index contributed by atoms with van der Waals surface area (Å²) in [5.74, 6) is 0.854. The Bertz CT molecular complexity index is 661. The number of aliphatic imine (C=N–C) groups is 1. The van der Waals surface area contributed by atoms with Crippen LogP contribution in [0.25, 0.3) is 0 Å². The van der Waals surface area contributed by atoms with E-state index in [2.05, 4.69) is 41.0 Å². The molecule has 1 aliphatic carbocycles. The third-order valence-electron chi connectivity index (χ3n) is 4.03. The van der Waals surface area contributed by atoms with Crippen LogP contribution in [0.15, 0.2) is 53.5 Å². The largest absolute Gasteiger partial charge is 0.326 e. The second-order valence-corrected chi connectivity index (χ2v) is 5.38. The van der Waals surface area contributed by atoms with Gasteiger partial charge in [-0.15, -0.1) is 0 Å². The highest BCUT2D eigenvalue weighted by molar-refractivity contribution is 6.05. The molecule has 0 spiro atoms. The van der Waals surface area contributed by atoms with E-state index in [0.29, 0.717) is 6.04 Å². The van der Waals surface area contributed by atoms with Crippen LogP contribution in [0, 0.1) is 0 Å². The Labute approximate surface area is 118 Å². The molecule has 0 saturated carbocycles. The lowest BCUT2D eigenvalue weighted by Crippen LogP contribution is -2.29. The standard InChI is InChI=1S/C17H17N3/c1-2-8-13(9-3-1)18-17-19-14-10-4-6-12-7-5-11-15(20-17)16(12)14/h1-4,6,8-10,15H,5,7,11H2,(H2,18,19,20). The molecule has 0 fully saturated rings. The van der Waals surface area contributed by atoms with E-state index in [4.69, 9.17) is 4.99 Å². The van der Waals surface area contributed by atoms with E-state index in [1.165, 1.54) is 29.7 Å². The topological polar surface area (TPSA) is 36.4 Å². The molecule has 2 N–H and O–H groups in total. The predicted molar refractivity (Wildman–Crippen MR) is 83.2 cm³/mol. The van der Waals surface area contributed by atoms with Gasteiger partial charge in [0.2, 0.25) is 5.96 Å². The van der Waals surface area contributed by atoms with Gasteiger partial charge in [0.25, 0.3) is 0 Å². The molecule has 0 bridgehead atoms. The summed E-state index contributed by atoms with van der Waals surface area (Å²) in [7, 11) is 0. The summed E-state index contributed by atoms with van der Waals surface area (Å²) >= 11 is 0. The van der Waals surface area contributed by atoms with Gasteiger partial charge in [0.1, 0.15) is 0 Å². The molecular weight excluding hydrogens is 246 g/mol. The van der Waals surface area contributed by atoms with Crippen molar-refractivity contribution in [3.05, 3.63) is 59.7 Å². The van der Waals surface area contributed by atoms with Crippen molar-refractivity contribution in [3.8, 4) is 0 Å². The second kappa shape index (κ2) is 4.67. The van der Waals surface area contributed by atoms with Crippen molar-refractivity contribution in [2.75, 3.05) is 10.6 Å². The van der Waals surface area contributed by atoms with Gasteiger partial charge in [-0.1, -0.05) is 30.3 Å². The summed E-state index contributed by atoms with van der Waals surface area (Å²) in [6.07, 6.45) is 3.55. The number of para-hydroxylation sites is 1. The van der Waals surface area contributed by atoms with Gasteiger partial charge in [-0.05, 0) is 43.0 Å². The Morgan fingerprint density at radius 2 is 1.95 bits per heavy atom. The van der Waals surface area contributed by atoms with E-state index in [1.807, 2.05) is 18.2 Å². The fourth-order valence-electron chi connectivity index (χ4n) is 3.13. The lowest BCUT2D eigenvalue weighted by atomic mass is 9.86. The fraction of sp³-hybridized carbons (Fsp3) is 0.235. The van der Waals surface area contributed by atoms with Crippen LogP contribution in [-0.4, -0.2) is 5.96 Å². The average Bonchev–Trinajstić information content (AvgIpc) is 2.49. The minimum absolute atomic E-state index is 0.308. The maximum absolute atomic E-state index is 4.84. The van der Waals surface area contributed by atoms with Crippen LogP contribution in [-0.2, 0) is 6.42 Å². The molecule has 4 rings (SSSR count). The third kappa shape index (κ3) is 1.95. The summed E-state index contributed by atoms with van der Waals surface area (Å²) in [4.78, 5) is 4.84. The number of aryl methyl sites for hydroxylation is 1. The second-order valence-electron chi connectivity index (χ2n) is 5.38. The molecule has 2 aromatic rings. The molecule has 1 unspecified atom stereocenters. The quantitative estimate of drug-likeness (QED) is 0.817. The molecule has 20 heavy (non-hydrogen) atoms. The van der Waals surface area contributed by atoms with E-state index >= 15 is 0 Å². The van der Waals surface area contributed by atoms with Gasteiger partial charge in [0.05, 0.1) is 6.04 Å². The molecule has 3 nitrogen and oxygen atoms in total. The molecule has 0 saturated heterocycles. The predicted octanol–water partition coefficient (Wildman–Crippen LogP) is 3.96. The van der Waals surface area contributed by atoms with E-state index < -0.39 is 0 Å². The van der Waals surface area contributed by atoms with Crippen LogP contribution in [0.3, 0.4) is 0 Å². The van der Waals surface area contributed by atoms with Crippen LogP contribution >= 0.6 is 0 Å². The van der Waals surface area contributed by atoms with Crippen LogP contribution < -0.4 is 10.6 Å². The van der Waals surface area contributed by atoms with Crippen LogP contribution in [0.1, 0.15) is 30.0 Å². The first-order valence-corrected chi connectivity index (χ1v) is 7.19. The van der Waals surface area contributed by atoms with Gasteiger partial charge in [0, 0.05) is 16.9 Å². The maximum Gasteiger partial charge on any atom is 0.200 e. The van der Waals surface area contributed by atoms with Crippen molar-refractivity contribution in [1.82, 2.24) is 0 Å². The van der Waals surface area contributed by atoms with Crippen LogP contribution in [0.5, 0.6) is 0 Å². The number of anilines is 2. The van der Waals surface area contributed by atoms with Crippen molar-refractivity contribution < 1.29 is 0 Å². The summed E-state index contributed by atoms with van der Waals surface area (Å²) in [6.45, 7) is 0. The molecule has 1 aliphatic heterocycles. The van der Waals surface area contributed by atoms with Gasteiger partial charge in [-0.25, -0.2) is 4.99 Å². The Hall–Kier alpha value is -2.29. The normalized spacial score (nSPS) is 19.6. The van der Waals surface area contributed by atoms with Crippen LogP contribution in [0.4, 0.5) is 11.4 Å². The summed E-state index contributed by atoms with van der Waals surface area (Å²) in [6, 6.07) is 17.0. The van der Waals surface area contributed by atoms with E-state index in [0.717, 1.165) is 18.1 Å². The summed E-state index contributed by atoms with van der Waals surface area (Å²) < 4.78 is 0. The highest BCUT2D eigenvalue weighted by Gasteiger charge is 2.26. The molecule has 100 valence electrons. The van der Waals surface area contributed by atoms with Crippen molar-refractivity contribution >= 4 is 17.3 Å². The number of nitrogens with zero attached hydrogens (tertiary/aromatic N) is 1. The zero-order chi connectivity index (χ0) is 13.4. The van der Waals surface area contributed by atoms with Gasteiger partial charge < -0.3 is 10.6 Å². The maximum atomic E-state index is 4.84. The highest BCUT2D eigenvalue weighted by atomic mass is 15.2. The van der Waals surface area contributed by atoms with Crippen molar-refractivity contribution in [2.45, 2.75) is 25.3 Å². The smallest absolute Gasteiger partial charge is 0.200 e. The molecular formula is C17H17N3. The molecule has 0 radical (unpaired) electrons. The van der Waals surface area contributed by atoms with E-state index in [9.17, 15) is 0 Å². The van der Waals surface area contributed by atoms with Crippen molar-refractivity contribution in [1.29, 1.82) is 0 Å². The van der Waals surface area contributed by atoms with Gasteiger partial charge in [-0.3, -0.25) is 0 Å². The SMILES string of the molecule is c1ccc(NC2=NC3CCCc4cccc(c43)N2)cc1. The van der Waals surface area contributed by atoms with E-state index in [1.54, 1.807) is 0 Å². The van der Waals surface area contributed by atoms with Gasteiger partial charge in [0.15, 0.2) is 0 Å². The van der Waals surface area contributed by atoms with Gasteiger partial charge >= 0.3 is 0 Å². The average molecular weight is 263 g/mol. The number of rotatable bonds is 1. The lowest BCUT2D eigenvalue weighted by molar-refractivity contribution is 0.570. The minimum Gasteiger partial charge on any atom is -0.326 e. The zero-order valence-corrected chi connectivity index (χ0v) is 11.3. The molecule has 0 aromatic heterocycles. The third-order valence-corrected chi connectivity index (χ3v) is 4.03. The molecule has 2 aliphatic rings. The zero-order valence-electron chi connectivity index (χ0n) is 11.3. The molecule has 2 aromatic carbocycles. The first kappa shape index (κ1) is 11.5. The Balaban J connectivity index is 1.67. The number of hydrogen-bond acceptors (Lipinski definition) is 3. The molecule has 0 amide bonds. The fourth-order valence-corrected chi connectivity index (χ4v) is 3.13. The number of nitrogens with one attached hydrogen (secondary N) is 2.